The topological polar surface area (TPSA) is 37.4 Å². The van der Waals surface area contributed by atoms with Gasteiger partial charge in [0.2, 0.25) is 0 Å². The maximum Gasteiger partial charge on any atom is 0.143 e. The van der Waals surface area contributed by atoms with Gasteiger partial charge in [-0.1, -0.05) is 0 Å². The summed E-state index contributed by atoms with van der Waals surface area (Å²) in [6.45, 7) is 5.79. The lowest BCUT2D eigenvalue weighted by Crippen LogP contribution is -2.40. The van der Waals surface area contributed by atoms with Crippen molar-refractivity contribution < 1.29 is 4.74 Å². The molecule has 0 aromatic carbocycles. The van der Waals surface area contributed by atoms with Gasteiger partial charge in [-0.3, -0.25) is 0 Å². The summed E-state index contributed by atoms with van der Waals surface area (Å²) in [5.41, 5.74) is 1.21. The first kappa shape index (κ1) is 14.8. The van der Waals surface area contributed by atoms with Crippen molar-refractivity contribution in [3.05, 3.63) is 22.3 Å². The van der Waals surface area contributed by atoms with Crippen molar-refractivity contribution in [3.8, 4) is 0 Å². The summed E-state index contributed by atoms with van der Waals surface area (Å²) in [7, 11) is 1.74. The molecule has 1 aromatic heterocycles. The molecule has 2 rings (SSSR count). The van der Waals surface area contributed by atoms with Gasteiger partial charge in [0.1, 0.15) is 5.82 Å². The van der Waals surface area contributed by atoms with E-state index < -0.39 is 0 Å². The standard InChI is InChI=1S/C14H22BrN3O/c1-11-5-7-17-14(13(11)15)18(8-9-19-2)10-12-4-3-6-16-12/h5,7,12,16H,3-4,6,8-10H2,1-2H3. The first-order valence-electron chi connectivity index (χ1n) is 6.80. The van der Waals surface area contributed by atoms with Crippen LogP contribution in [-0.4, -0.2) is 44.4 Å². The third-order valence-electron chi connectivity index (χ3n) is 3.53. The highest BCUT2D eigenvalue weighted by molar-refractivity contribution is 9.10. The minimum absolute atomic E-state index is 0.561. The molecule has 0 bridgehead atoms. The summed E-state index contributed by atoms with van der Waals surface area (Å²) in [5, 5.41) is 3.54. The van der Waals surface area contributed by atoms with Crippen LogP contribution in [0.5, 0.6) is 0 Å². The van der Waals surface area contributed by atoms with Crippen LogP contribution in [0.3, 0.4) is 0 Å². The molecule has 1 fully saturated rings. The van der Waals surface area contributed by atoms with Crippen molar-refractivity contribution in [1.29, 1.82) is 0 Å². The molecule has 0 saturated carbocycles. The Morgan fingerprint density at radius 3 is 3.11 bits per heavy atom. The molecule has 0 aliphatic carbocycles. The third-order valence-corrected chi connectivity index (χ3v) is 4.51. The molecule has 106 valence electrons. The van der Waals surface area contributed by atoms with E-state index in [1.807, 2.05) is 12.3 Å². The normalized spacial score (nSPS) is 18.8. The number of hydrogen-bond acceptors (Lipinski definition) is 4. The number of aryl methyl sites for hydroxylation is 1. The Morgan fingerprint density at radius 1 is 1.58 bits per heavy atom. The van der Waals surface area contributed by atoms with E-state index in [9.17, 15) is 0 Å². The van der Waals surface area contributed by atoms with Crippen LogP contribution in [-0.2, 0) is 4.74 Å². The largest absolute Gasteiger partial charge is 0.383 e. The van der Waals surface area contributed by atoms with E-state index in [1.54, 1.807) is 7.11 Å². The zero-order valence-electron chi connectivity index (χ0n) is 11.7. The summed E-state index contributed by atoms with van der Waals surface area (Å²) in [6.07, 6.45) is 4.38. The summed E-state index contributed by atoms with van der Waals surface area (Å²) < 4.78 is 6.31. The minimum atomic E-state index is 0.561. The summed E-state index contributed by atoms with van der Waals surface area (Å²) in [6, 6.07) is 2.58. The highest BCUT2D eigenvalue weighted by atomic mass is 79.9. The molecule has 1 aromatic rings. The van der Waals surface area contributed by atoms with Gasteiger partial charge in [-0.15, -0.1) is 0 Å². The predicted molar refractivity (Wildman–Crippen MR) is 81.8 cm³/mol. The maximum absolute atomic E-state index is 5.22. The molecule has 1 aliphatic heterocycles. The number of methoxy groups -OCH3 is 1. The lowest BCUT2D eigenvalue weighted by Gasteiger charge is -2.27. The number of hydrogen-bond donors (Lipinski definition) is 1. The molecule has 0 radical (unpaired) electrons. The number of nitrogens with zero attached hydrogens (tertiary/aromatic N) is 2. The van der Waals surface area contributed by atoms with E-state index in [0.29, 0.717) is 6.04 Å². The molecule has 1 atom stereocenters. The number of aromatic nitrogens is 1. The molecule has 0 spiro atoms. The van der Waals surface area contributed by atoms with Crippen molar-refractivity contribution in [1.82, 2.24) is 10.3 Å². The number of halogens is 1. The van der Waals surface area contributed by atoms with Crippen molar-refractivity contribution in [2.24, 2.45) is 0 Å². The third kappa shape index (κ3) is 3.91. The lowest BCUT2D eigenvalue weighted by molar-refractivity contribution is 0.204. The highest BCUT2D eigenvalue weighted by Gasteiger charge is 2.20. The van der Waals surface area contributed by atoms with Crippen LogP contribution in [0, 0.1) is 6.92 Å². The number of rotatable bonds is 6. The van der Waals surface area contributed by atoms with Gasteiger partial charge in [-0.05, 0) is 53.9 Å². The number of nitrogens with one attached hydrogen (secondary N) is 1. The van der Waals surface area contributed by atoms with Gasteiger partial charge in [-0.2, -0.15) is 0 Å². The van der Waals surface area contributed by atoms with Crippen LogP contribution in [0.2, 0.25) is 0 Å². The van der Waals surface area contributed by atoms with E-state index in [2.05, 4.69) is 38.1 Å². The summed E-state index contributed by atoms with van der Waals surface area (Å²) >= 11 is 3.66. The highest BCUT2D eigenvalue weighted by Crippen LogP contribution is 2.27. The fraction of sp³-hybridized carbons (Fsp3) is 0.643. The quantitative estimate of drug-likeness (QED) is 0.870. The van der Waals surface area contributed by atoms with E-state index >= 15 is 0 Å². The smallest absolute Gasteiger partial charge is 0.143 e. The summed E-state index contributed by atoms with van der Waals surface area (Å²) in [4.78, 5) is 6.84. The molecule has 1 aliphatic rings. The lowest BCUT2D eigenvalue weighted by atomic mass is 10.2. The van der Waals surface area contributed by atoms with Crippen LogP contribution < -0.4 is 10.2 Å². The van der Waals surface area contributed by atoms with Crippen LogP contribution in [0.25, 0.3) is 0 Å². The Kier molecular flexibility index (Phi) is 5.60. The second-order valence-electron chi connectivity index (χ2n) is 5.00. The molecule has 5 heteroatoms. The van der Waals surface area contributed by atoms with Gasteiger partial charge in [0, 0.05) is 32.4 Å². The van der Waals surface area contributed by atoms with Crippen molar-refractivity contribution >= 4 is 21.7 Å². The monoisotopic (exact) mass is 327 g/mol. The fourth-order valence-electron chi connectivity index (χ4n) is 2.41. The van der Waals surface area contributed by atoms with Crippen LogP contribution >= 0.6 is 15.9 Å². The van der Waals surface area contributed by atoms with E-state index in [0.717, 1.165) is 36.5 Å². The van der Waals surface area contributed by atoms with Crippen LogP contribution in [0.1, 0.15) is 18.4 Å². The molecule has 1 N–H and O–H groups in total. The SMILES string of the molecule is COCCN(CC1CCCN1)c1nccc(C)c1Br. The van der Waals surface area contributed by atoms with Gasteiger partial charge >= 0.3 is 0 Å². The Balaban J connectivity index is 2.13. The Bertz CT molecular complexity index is 408. The molecule has 4 nitrogen and oxygen atoms in total. The minimum Gasteiger partial charge on any atom is -0.383 e. The number of pyridine rings is 1. The average Bonchev–Trinajstić information content (AvgIpc) is 2.91. The van der Waals surface area contributed by atoms with Crippen molar-refractivity contribution in [3.63, 3.8) is 0 Å². The summed E-state index contributed by atoms with van der Waals surface area (Å²) in [5.74, 6) is 1.02. The molecular weight excluding hydrogens is 306 g/mol. The zero-order chi connectivity index (χ0) is 13.7. The van der Waals surface area contributed by atoms with Gasteiger partial charge in [0.15, 0.2) is 0 Å². The van der Waals surface area contributed by atoms with E-state index in [1.165, 1.54) is 18.4 Å². The van der Waals surface area contributed by atoms with Crippen LogP contribution in [0.4, 0.5) is 5.82 Å². The van der Waals surface area contributed by atoms with E-state index in [4.69, 9.17) is 4.74 Å². The second kappa shape index (κ2) is 7.22. The first-order chi connectivity index (χ1) is 9.22. The first-order valence-corrected chi connectivity index (χ1v) is 7.60. The van der Waals surface area contributed by atoms with E-state index in [-0.39, 0.29) is 0 Å². The van der Waals surface area contributed by atoms with Gasteiger partial charge < -0.3 is 15.0 Å². The van der Waals surface area contributed by atoms with Gasteiger partial charge in [0.05, 0.1) is 11.1 Å². The zero-order valence-corrected chi connectivity index (χ0v) is 13.2. The van der Waals surface area contributed by atoms with Crippen LogP contribution in [0.15, 0.2) is 16.7 Å². The second-order valence-corrected chi connectivity index (χ2v) is 5.79. The average molecular weight is 328 g/mol. The van der Waals surface area contributed by atoms with Crippen molar-refractivity contribution in [2.75, 3.05) is 38.3 Å². The molecule has 1 unspecified atom stereocenters. The predicted octanol–water partition coefficient (Wildman–Crippen LogP) is 2.36. The number of anilines is 1. The molecule has 1 saturated heterocycles. The Hall–Kier alpha value is -0.650. The van der Waals surface area contributed by atoms with Gasteiger partial charge in [-0.25, -0.2) is 4.98 Å². The molecule has 19 heavy (non-hydrogen) atoms. The molecule has 2 heterocycles. The Morgan fingerprint density at radius 2 is 2.42 bits per heavy atom. The number of ether oxygens (including phenoxy) is 1. The Labute approximate surface area is 123 Å². The van der Waals surface area contributed by atoms with Crippen molar-refractivity contribution in [2.45, 2.75) is 25.8 Å². The maximum atomic E-state index is 5.22. The molecular formula is C14H22BrN3O. The molecule has 0 amide bonds. The van der Waals surface area contributed by atoms with Gasteiger partial charge in [0.25, 0.3) is 0 Å². The fourth-order valence-corrected chi connectivity index (χ4v) is 2.90.